The number of aromatic nitrogens is 3. The molecule has 4 heterocycles. The number of nitriles is 1. The van der Waals surface area contributed by atoms with Gasteiger partial charge in [0.25, 0.3) is 0 Å². The largest absolute Gasteiger partial charge is 0.385 e. The second kappa shape index (κ2) is 6.71. The maximum absolute atomic E-state index is 10.3. The third kappa shape index (κ3) is 2.91. The summed E-state index contributed by atoms with van der Waals surface area (Å²) in [6.07, 6.45) is 3.80. The lowest BCUT2D eigenvalue weighted by atomic mass is 10.0. The van der Waals surface area contributed by atoms with Gasteiger partial charge in [0.1, 0.15) is 17.4 Å². The van der Waals surface area contributed by atoms with E-state index in [1.54, 1.807) is 18.3 Å². The molecule has 7 heteroatoms. The molecule has 4 rings (SSSR count). The van der Waals surface area contributed by atoms with Crippen LogP contribution in [-0.4, -0.2) is 44.2 Å². The first kappa shape index (κ1) is 16.5. The highest BCUT2D eigenvalue weighted by atomic mass is 32.1. The quantitative estimate of drug-likeness (QED) is 0.777. The van der Waals surface area contributed by atoms with Gasteiger partial charge < -0.3 is 14.6 Å². The molecule has 1 unspecified atom stereocenters. The van der Waals surface area contributed by atoms with Gasteiger partial charge >= 0.3 is 0 Å². The SMILES string of the molecule is CC(O)c1nc2cnc3ccsc3c2n1C1CCN(CCC#N)CC1. The van der Waals surface area contributed by atoms with Crippen molar-refractivity contribution in [3.05, 3.63) is 23.5 Å². The summed E-state index contributed by atoms with van der Waals surface area (Å²) in [6, 6.07) is 4.57. The van der Waals surface area contributed by atoms with Crippen molar-refractivity contribution in [3.8, 4) is 6.07 Å². The van der Waals surface area contributed by atoms with Crippen molar-refractivity contribution >= 4 is 32.6 Å². The number of fused-ring (bicyclic) bond motifs is 3. The van der Waals surface area contributed by atoms with E-state index in [0.29, 0.717) is 12.5 Å². The molecule has 0 aliphatic carbocycles. The van der Waals surface area contributed by atoms with Crippen LogP contribution in [-0.2, 0) is 0 Å². The van der Waals surface area contributed by atoms with Gasteiger partial charge in [0.15, 0.2) is 0 Å². The van der Waals surface area contributed by atoms with Crippen molar-refractivity contribution in [2.75, 3.05) is 19.6 Å². The van der Waals surface area contributed by atoms with Gasteiger partial charge in [-0.15, -0.1) is 11.3 Å². The van der Waals surface area contributed by atoms with Crippen molar-refractivity contribution < 1.29 is 5.11 Å². The van der Waals surface area contributed by atoms with Gasteiger partial charge in [-0.05, 0) is 31.2 Å². The van der Waals surface area contributed by atoms with E-state index in [0.717, 1.165) is 59.6 Å². The van der Waals surface area contributed by atoms with Crippen LogP contribution in [0.4, 0.5) is 0 Å². The maximum Gasteiger partial charge on any atom is 0.138 e. The summed E-state index contributed by atoms with van der Waals surface area (Å²) in [4.78, 5) is 11.5. The molecule has 1 aliphatic heterocycles. The molecule has 1 fully saturated rings. The first-order valence-electron chi connectivity index (χ1n) is 8.70. The molecule has 25 heavy (non-hydrogen) atoms. The number of likely N-dealkylation sites (tertiary alicyclic amines) is 1. The Bertz CT molecular complexity index is 930. The first-order valence-corrected chi connectivity index (χ1v) is 9.58. The fraction of sp³-hybridized carbons (Fsp3) is 0.500. The Hall–Kier alpha value is -2.01. The van der Waals surface area contributed by atoms with Crippen LogP contribution < -0.4 is 0 Å². The minimum absolute atomic E-state index is 0.320. The van der Waals surface area contributed by atoms with E-state index in [1.165, 1.54) is 0 Å². The van der Waals surface area contributed by atoms with Crippen molar-refractivity contribution in [2.45, 2.75) is 38.3 Å². The molecule has 1 aliphatic rings. The van der Waals surface area contributed by atoms with E-state index in [4.69, 9.17) is 5.26 Å². The van der Waals surface area contributed by atoms with E-state index < -0.39 is 6.10 Å². The standard InChI is InChI=1S/C18H21N5OS/c1-12(24)18-21-15-11-20-14-5-10-25-17(14)16(15)23(18)13-3-8-22(9-4-13)7-2-6-19/h5,10-13,24H,2-4,7-9H2,1H3. The number of hydrogen-bond acceptors (Lipinski definition) is 6. The Morgan fingerprint density at radius 3 is 2.92 bits per heavy atom. The third-order valence-electron chi connectivity index (χ3n) is 4.99. The normalized spacial score (nSPS) is 18.0. The number of hydrogen-bond donors (Lipinski definition) is 1. The molecule has 130 valence electrons. The molecule has 0 radical (unpaired) electrons. The van der Waals surface area contributed by atoms with Gasteiger partial charge in [0, 0.05) is 32.1 Å². The highest BCUT2D eigenvalue weighted by Gasteiger charge is 2.27. The number of aliphatic hydroxyl groups excluding tert-OH is 1. The number of imidazole rings is 1. The zero-order chi connectivity index (χ0) is 17.4. The van der Waals surface area contributed by atoms with E-state index in [2.05, 4.69) is 30.9 Å². The topological polar surface area (TPSA) is 78.0 Å². The summed E-state index contributed by atoms with van der Waals surface area (Å²) >= 11 is 1.68. The molecule has 0 aromatic carbocycles. The first-order chi connectivity index (χ1) is 12.2. The number of pyridine rings is 1. The minimum Gasteiger partial charge on any atom is -0.385 e. The molecule has 0 spiro atoms. The second-order valence-electron chi connectivity index (χ2n) is 6.62. The highest BCUT2D eigenvalue weighted by Crippen LogP contribution is 2.35. The minimum atomic E-state index is -0.612. The number of thiophene rings is 1. The molecule has 6 nitrogen and oxygen atoms in total. The molecule has 1 N–H and O–H groups in total. The van der Waals surface area contributed by atoms with Gasteiger partial charge in [0.2, 0.25) is 0 Å². The molecule has 1 saturated heterocycles. The smallest absolute Gasteiger partial charge is 0.138 e. The Labute approximate surface area is 150 Å². The number of nitrogens with zero attached hydrogens (tertiary/aromatic N) is 5. The van der Waals surface area contributed by atoms with Gasteiger partial charge in [-0.1, -0.05) is 0 Å². The summed E-state index contributed by atoms with van der Waals surface area (Å²) in [5.41, 5.74) is 2.95. The molecule has 3 aromatic rings. The van der Waals surface area contributed by atoms with Crippen molar-refractivity contribution in [2.24, 2.45) is 0 Å². The van der Waals surface area contributed by atoms with Crippen LogP contribution >= 0.6 is 11.3 Å². The van der Waals surface area contributed by atoms with Crippen LogP contribution in [0.3, 0.4) is 0 Å². The average molecular weight is 355 g/mol. The lowest BCUT2D eigenvalue weighted by Gasteiger charge is -2.33. The molecule has 0 bridgehead atoms. The number of piperidine rings is 1. The highest BCUT2D eigenvalue weighted by molar-refractivity contribution is 7.18. The molecular weight excluding hydrogens is 334 g/mol. The monoisotopic (exact) mass is 355 g/mol. The van der Waals surface area contributed by atoms with Gasteiger partial charge in [-0.25, -0.2) is 4.98 Å². The number of aliphatic hydroxyl groups is 1. The average Bonchev–Trinajstić information content (AvgIpc) is 3.24. The summed E-state index contributed by atoms with van der Waals surface area (Å²) in [5.74, 6) is 0.730. The summed E-state index contributed by atoms with van der Waals surface area (Å²) in [7, 11) is 0. The van der Waals surface area contributed by atoms with Crippen molar-refractivity contribution in [1.29, 1.82) is 5.26 Å². The van der Waals surface area contributed by atoms with Crippen LogP contribution in [0.1, 0.15) is 44.2 Å². The summed E-state index contributed by atoms with van der Waals surface area (Å²) < 4.78 is 3.39. The fourth-order valence-electron chi connectivity index (χ4n) is 3.77. The van der Waals surface area contributed by atoms with Crippen LogP contribution in [0.5, 0.6) is 0 Å². The van der Waals surface area contributed by atoms with Crippen LogP contribution in [0.2, 0.25) is 0 Å². The van der Waals surface area contributed by atoms with E-state index in [-0.39, 0.29) is 0 Å². The Kier molecular flexibility index (Phi) is 4.42. The van der Waals surface area contributed by atoms with Gasteiger partial charge in [-0.3, -0.25) is 4.98 Å². The summed E-state index contributed by atoms with van der Waals surface area (Å²) in [5, 5.41) is 21.1. The predicted octanol–water partition coefficient (Wildman–Crippen LogP) is 3.25. The molecule has 3 aromatic heterocycles. The molecule has 1 atom stereocenters. The lowest BCUT2D eigenvalue weighted by molar-refractivity contribution is 0.161. The molecule has 0 saturated carbocycles. The van der Waals surface area contributed by atoms with Crippen molar-refractivity contribution in [3.63, 3.8) is 0 Å². The maximum atomic E-state index is 10.3. The fourth-order valence-corrected chi connectivity index (χ4v) is 4.66. The lowest BCUT2D eigenvalue weighted by Crippen LogP contribution is -2.35. The Morgan fingerprint density at radius 2 is 2.20 bits per heavy atom. The van der Waals surface area contributed by atoms with Gasteiger partial charge in [-0.2, -0.15) is 5.26 Å². The summed E-state index contributed by atoms with van der Waals surface area (Å²) in [6.45, 7) is 4.57. The third-order valence-corrected chi connectivity index (χ3v) is 5.90. The van der Waals surface area contributed by atoms with Crippen LogP contribution in [0, 0.1) is 11.3 Å². The zero-order valence-corrected chi connectivity index (χ0v) is 15.0. The van der Waals surface area contributed by atoms with Gasteiger partial charge in [0.05, 0.1) is 28.0 Å². The number of rotatable bonds is 4. The predicted molar refractivity (Wildman–Crippen MR) is 98.5 cm³/mol. The zero-order valence-electron chi connectivity index (χ0n) is 14.2. The van der Waals surface area contributed by atoms with E-state index in [9.17, 15) is 5.11 Å². The van der Waals surface area contributed by atoms with Crippen molar-refractivity contribution in [1.82, 2.24) is 19.4 Å². The van der Waals surface area contributed by atoms with Crippen LogP contribution in [0.15, 0.2) is 17.6 Å². The van der Waals surface area contributed by atoms with E-state index >= 15 is 0 Å². The Morgan fingerprint density at radius 1 is 1.40 bits per heavy atom. The Balaban J connectivity index is 1.74. The second-order valence-corrected chi connectivity index (χ2v) is 7.54. The molecule has 0 amide bonds. The molecular formula is C18H21N5OS. The van der Waals surface area contributed by atoms with Crippen LogP contribution in [0.25, 0.3) is 21.3 Å². The van der Waals surface area contributed by atoms with E-state index in [1.807, 2.05) is 12.3 Å².